The van der Waals surface area contributed by atoms with Gasteiger partial charge in [-0.05, 0) is 0 Å². The second-order valence-corrected chi connectivity index (χ2v) is 1.02. The molecule has 0 bridgehead atoms. The third-order valence-corrected chi connectivity index (χ3v) is 0.471. The zero-order valence-corrected chi connectivity index (χ0v) is 4.11. The Morgan fingerprint density at radius 3 is 2.67 bits per heavy atom. The standard InChI is InChI=1S/C3H6N2S/c1-2-3-5-6-4/h2-3H,1,4H2/b5-3-. The molecule has 2 nitrogen and oxygen atoms in total. The van der Waals surface area contributed by atoms with Crippen LogP contribution in [0, 0.1) is 0 Å². The summed E-state index contributed by atoms with van der Waals surface area (Å²) in [7, 11) is 0. The molecule has 34 valence electrons. The van der Waals surface area contributed by atoms with Crippen LogP contribution in [0.4, 0.5) is 0 Å². The highest BCUT2D eigenvalue weighted by Gasteiger charge is 1.55. The second kappa shape index (κ2) is 4.72. The van der Waals surface area contributed by atoms with Gasteiger partial charge in [0.2, 0.25) is 0 Å². The van der Waals surface area contributed by atoms with E-state index < -0.39 is 0 Å². The van der Waals surface area contributed by atoms with Gasteiger partial charge in [-0.2, -0.15) is 0 Å². The molecule has 0 aliphatic rings. The van der Waals surface area contributed by atoms with Crippen molar-refractivity contribution in [3.8, 4) is 0 Å². The highest BCUT2D eigenvalue weighted by Crippen LogP contribution is 1.81. The van der Waals surface area contributed by atoms with E-state index in [1.165, 1.54) is 6.21 Å². The van der Waals surface area contributed by atoms with Crippen molar-refractivity contribution in [3.63, 3.8) is 0 Å². The lowest BCUT2D eigenvalue weighted by Gasteiger charge is -1.69. The molecule has 0 atom stereocenters. The summed E-state index contributed by atoms with van der Waals surface area (Å²) in [6.45, 7) is 3.38. The van der Waals surface area contributed by atoms with Gasteiger partial charge in [0.1, 0.15) is 0 Å². The van der Waals surface area contributed by atoms with E-state index in [1.54, 1.807) is 6.08 Å². The van der Waals surface area contributed by atoms with Crippen LogP contribution in [0.15, 0.2) is 17.1 Å². The van der Waals surface area contributed by atoms with Gasteiger partial charge in [0.15, 0.2) is 0 Å². The summed E-state index contributed by atoms with van der Waals surface area (Å²) in [5.74, 6) is 0. The first-order valence-corrected chi connectivity index (χ1v) is 2.25. The van der Waals surface area contributed by atoms with Crippen molar-refractivity contribution in [1.82, 2.24) is 0 Å². The van der Waals surface area contributed by atoms with E-state index >= 15 is 0 Å². The van der Waals surface area contributed by atoms with Gasteiger partial charge in [-0.15, -0.1) is 0 Å². The number of allylic oxidation sites excluding steroid dienone is 1. The number of hydrogen-bond acceptors (Lipinski definition) is 3. The molecular weight excluding hydrogens is 96.1 g/mol. The Morgan fingerprint density at radius 2 is 2.50 bits per heavy atom. The predicted octanol–water partition coefficient (Wildman–Crippen LogP) is 0.765. The first-order chi connectivity index (χ1) is 2.91. The molecular formula is C3H6N2S. The first kappa shape index (κ1) is 5.72. The van der Waals surface area contributed by atoms with E-state index in [2.05, 4.69) is 11.0 Å². The molecule has 0 rings (SSSR count). The van der Waals surface area contributed by atoms with E-state index in [4.69, 9.17) is 5.14 Å². The van der Waals surface area contributed by atoms with Crippen LogP contribution in [-0.2, 0) is 0 Å². The molecule has 0 saturated heterocycles. The summed E-state index contributed by atoms with van der Waals surface area (Å²) >= 11 is 0.924. The lowest BCUT2D eigenvalue weighted by Crippen LogP contribution is -1.68. The normalized spacial score (nSPS) is 9.50. The summed E-state index contributed by atoms with van der Waals surface area (Å²) in [4.78, 5) is 0. The van der Waals surface area contributed by atoms with E-state index in [9.17, 15) is 0 Å². The van der Waals surface area contributed by atoms with Gasteiger partial charge in [0, 0.05) is 6.21 Å². The Hall–Kier alpha value is -0.280. The van der Waals surface area contributed by atoms with Crippen LogP contribution < -0.4 is 5.14 Å². The number of hydrogen-bond donors (Lipinski definition) is 1. The Kier molecular flexibility index (Phi) is 4.50. The summed E-state index contributed by atoms with van der Waals surface area (Å²) < 4.78 is 3.54. The van der Waals surface area contributed by atoms with E-state index in [-0.39, 0.29) is 0 Å². The van der Waals surface area contributed by atoms with Crippen LogP contribution in [0.5, 0.6) is 0 Å². The Balaban J connectivity index is 2.94. The monoisotopic (exact) mass is 102 g/mol. The van der Waals surface area contributed by atoms with Gasteiger partial charge in [-0.3, -0.25) is 5.14 Å². The van der Waals surface area contributed by atoms with Crippen molar-refractivity contribution in [2.24, 2.45) is 9.54 Å². The quantitative estimate of drug-likeness (QED) is 0.413. The number of nitrogens with two attached hydrogens (primary N) is 1. The largest absolute Gasteiger partial charge is 0.258 e. The molecule has 0 aromatic carbocycles. The molecule has 0 aromatic rings. The van der Waals surface area contributed by atoms with Gasteiger partial charge in [0.05, 0.1) is 12.1 Å². The fraction of sp³-hybridized carbons (Fsp3) is 0. The van der Waals surface area contributed by atoms with Gasteiger partial charge in [-0.25, -0.2) is 4.40 Å². The lowest BCUT2D eigenvalue weighted by molar-refractivity contribution is 1.89. The molecule has 0 saturated carbocycles. The average Bonchev–Trinajstić information content (AvgIpc) is 1.61. The number of rotatable bonds is 2. The van der Waals surface area contributed by atoms with Crippen molar-refractivity contribution in [2.45, 2.75) is 0 Å². The van der Waals surface area contributed by atoms with Crippen LogP contribution >= 0.6 is 12.1 Å². The van der Waals surface area contributed by atoms with Crippen LogP contribution in [0.1, 0.15) is 0 Å². The molecule has 3 heteroatoms. The van der Waals surface area contributed by atoms with Crippen LogP contribution in [-0.4, -0.2) is 6.21 Å². The molecule has 0 heterocycles. The summed E-state index contributed by atoms with van der Waals surface area (Å²) in [6, 6.07) is 0. The highest BCUT2D eigenvalue weighted by molar-refractivity contribution is 7.95. The molecule has 0 radical (unpaired) electrons. The Labute approximate surface area is 41.4 Å². The minimum absolute atomic E-state index is 0.924. The van der Waals surface area contributed by atoms with Gasteiger partial charge < -0.3 is 0 Å². The fourth-order valence-electron chi connectivity index (χ4n) is 0.0782. The van der Waals surface area contributed by atoms with Crippen LogP contribution in [0.25, 0.3) is 0 Å². The van der Waals surface area contributed by atoms with Crippen LogP contribution in [0.2, 0.25) is 0 Å². The average molecular weight is 102 g/mol. The smallest absolute Gasteiger partial charge is 0.0555 e. The molecule has 0 unspecified atom stereocenters. The lowest BCUT2D eigenvalue weighted by atomic mass is 10.7. The first-order valence-electron chi connectivity index (χ1n) is 1.42. The number of nitrogens with zero attached hydrogens (tertiary/aromatic N) is 1. The van der Waals surface area contributed by atoms with E-state index in [0.29, 0.717) is 0 Å². The molecule has 0 aromatic heterocycles. The van der Waals surface area contributed by atoms with Gasteiger partial charge in [0.25, 0.3) is 0 Å². The van der Waals surface area contributed by atoms with E-state index in [1.807, 2.05) is 0 Å². The maximum absolute atomic E-state index is 4.89. The second-order valence-electron chi connectivity index (χ2n) is 0.596. The van der Waals surface area contributed by atoms with Gasteiger partial charge in [-0.1, -0.05) is 12.7 Å². The molecule has 2 N–H and O–H groups in total. The molecule has 0 fully saturated rings. The Bertz CT molecular complexity index is 59.8. The molecule has 0 aliphatic carbocycles. The maximum Gasteiger partial charge on any atom is 0.0555 e. The zero-order chi connectivity index (χ0) is 4.83. The van der Waals surface area contributed by atoms with Crippen molar-refractivity contribution < 1.29 is 0 Å². The Morgan fingerprint density at radius 1 is 1.83 bits per heavy atom. The molecule has 0 amide bonds. The van der Waals surface area contributed by atoms with Crippen molar-refractivity contribution >= 4 is 18.3 Å². The van der Waals surface area contributed by atoms with Crippen molar-refractivity contribution in [2.75, 3.05) is 0 Å². The minimum atomic E-state index is 0.924. The summed E-state index contributed by atoms with van der Waals surface area (Å²) in [5.41, 5.74) is 0. The molecule has 0 spiro atoms. The zero-order valence-electron chi connectivity index (χ0n) is 3.29. The fourth-order valence-corrected chi connectivity index (χ4v) is 0.235. The highest BCUT2D eigenvalue weighted by atomic mass is 32.2. The van der Waals surface area contributed by atoms with Crippen molar-refractivity contribution in [1.29, 1.82) is 0 Å². The molecule has 0 aliphatic heterocycles. The maximum atomic E-state index is 4.89. The van der Waals surface area contributed by atoms with E-state index in [0.717, 1.165) is 12.1 Å². The third kappa shape index (κ3) is 3.72. The summed E-state index contributed by atoms with van der Waals surface area (Å²) in [5, 5.41) is 4.89. The van der Waals surface area contributed by atoms with Crippen molar-refractivity contribution in [3.05, 3.63) is 12.7 Å². The predicted molar refractivity (Wildman–Crippen MR) is 30.5 cm³/mol. The third-order valence-electron chi connectivity index (χ3n) is 0.227. The minimum Gasteiger partial charge on any atom is -0.258 e. The summed E-state index contributed by atoms with van der Waals surface area (Å²) in [6.07, 6.45) is 3.10. The SMILES string of the molecule is C=C/C=N\SN. The topological polar surface area (TPSA) is 38.4 Å². The van der Waals surface area contributed by atoms with Crippen LogP contribution in [0.3, 0.4) is 0 Å². The van der Waals surface area contributed by atoms with Gasteiger partial charge >= 0.3 is 0 Å². The molecule has 6 heavy (non-hydrogen) atoms.